The Hall–Kier alpha value is -0.290. The fourth-order valence-electron chi connectivity index (χ4n) is 1.36. The highest BCUT2D eigenvalue weighted by Gasteiger charge is 2.08. The van der Waals surface area contributed by atoms with Gasteiger partial charge in [-0.2, -0.15) is 0 Å². The molecule has 0 aliphatic heterocycles. The number of hydrogen-bond donors (Lipinski definition) is 1. The van der Waals surface area contributed by atoms with Crippen LogP contribution in [-0.2, 0) is 0 Å². The van der Waals surface area contributed by atoms with Gasteiger partial charge < -0.3 is 5.32 Å². The van der Waals surface area contributed by atoms with Crippen LogP contribution in [0.25, 0.3) is 0 Å². The second-order valence-corrected chi connectivity index (χ2v) is 5.34. The molecule has 16 heavy (non-hydrogen) atoms. The molecule has 0 saturated heterocycles. The first-order chi connectivity index (χ1) is 7.63. The van der Waals surface area contributed by atoms with E-state index in [-0.39, 0.29) is 11.9 Å². The van der Waals surface area contributed by atoms with Crippen LogP contribution < -0.4 is 5.32 Å². The Morgan fingerprint density at radius 3 is 2.62 bits per heavy atom. The third-order valence-electron chi connectivity index (χ3n) is 2.25. The van der Waals surface area contributed by atoms with E-state index in [9.17, 15) is 4.79 Å². The minimum atomic E-state index is -0.0153. The van der Waals surface area contributed by atoms with E-state index >= 15 is 0 Å². The molecule has 0 bridgehead atoms. The van der Waals surface area contributed by atoms with Gasteiger partial charge in [0.1, 0.15) is 0 Å². The molecule has 1 atom stereocenters. The minimum Gasteiger partial charge on any atom is -0.350 e. The summed E-state index contributed by atoms with van der Waals surface area (Å²) in [5.41, 5.74) is 0.707. The maximum absolute atomic E-state index is 11.8. The first kappa shape index (κ1) is 13.8. The Kier molecular flexibility index (Phi) is 6.13. The summed E-state index contributed by atoms with van der Waals surface area (Å²) in [6, 6.07) is 7.71. The molecule has 2 nitrogen and oxygen atoms in total. The average molecular weight is 352 g/mol. The van der Waals surface area contributed by atoms with Crippen molar-refractivity contribution in [2.45, 2.75) is 25.8 Å². The van der Waals surface area contributed by atoms with Gasteiger partial charge in [0.25, 0.3) is 5.91 Å². The summed E-state index contributed by atoms with van der Waals surface area (Å²) >= 11 is 7.82. The molecule has 0 spiro atoms. The topological polar surface area (TPSA) is 29.1 Å². The Balaban J connectivity index is 2.48. The predicted octanol–water partition coefficient (Wildman–Crippen LogP) is 3.43. The second-order valence-electron chi connectivity index (χ2n) is 3.71. The van der Waals surface area contributed by atoms with Crippen LogP contribution in [0.3, 0.4) is 0 Å². The molecule has 0 aliphatic carbocycles. The maximum atomic E-state index is 11.8. The predicted molar refractivity (Wildman–Crippen MR) is 76.0 cm³/mol. The zero-order chi connectivity index (χ0) is 12.0. The van der Waals surface area contributed by atoms with Crippen molar-refractivity contribution >= 4 is 40.1 Å². The largest absolute Gasteiger partial charge is 0.350 e. The molecule has 0 fully saturated rings. The smallest absolute Gasteiger partial charge is 0.251 e. The van der Waals surface area contributed by atoms with Crippen molar-refractivity contribution in [1.82, 2.24) is 5.32 Å². The number of hydrogen-bond acceptors (Lipinski definition) is 1. The lowest BCUT2D eigenvalue weighted by Gasteiger charge is -2.13. The van der Waals surface area contributed by atoms with E-state index in [1.165, 1.54) is 0 Å². The standard InChI is InChI=1S/C12H15ClINO/c1-9(3-2-8-13)15-12(16)10-4-6-11(14)7-5-10/h4-7,9H,2-3,8H2,1H3,(H,15,16). The summed E-state index contributed by atoms with van der Waals surface area (Å²) in [7, 11) is 0. The highest BCUT2D eigenvalue weighted by molar-refractivity contribution is 14.1. The number of alkyl halides is 1. The van der Waals surface area contributed by atoms with Gasteiger partial charge in [-0.15, -0.1) is 11.6 Å². The molecule has 0 aromatic heterocycles. The average Bonchev–Trinajstić information content (AvgIpc) is 2.27. The molecule has 0 radical (unpaired) electrons. The zero-order valence-electron chi connectivity index (χ0n) is 9.17. The van der Waals surface area contributed by atoms with Crippen LogP contribution in [-0.4, -0.2) is 17.8 Å². The summed E-state index contributed by atoms with van der Waals surface area (Å²) < 4.78 is 1.13. The monoisotopic (exact) mass is 351 g/mol. The number of rotatable bonds is 5. The summed E-state index contributed by atoms with van der Waals surface area (Å²) in [5, 5.41) is 2.95. The van der Waals surface area contributed by atoms with E-state index in [0.29, 0.717) is 11.4 Å². The fraction of sp³-hybridized carbons (Fsp3) is 0.417. The third-order valence-corrected chi connectivity index (χ3v) is 3.24. The lowest BCUT2D eigenvalue weighted by molar-refractivity contribution is 0.0938. The number of amides is 1. The molecule has 1 aromatic rings. The fourth-order valence-corrected chi connectivity index (χ4v) is 1.88. The number of carbonyl (C=O) groups excluding carboxylic acids is 1. The van der Waals surface area contributed by atoms with Gasteiger partial charge in [0, 0.05) is 21.1 Å². The highest BCUT2D eigenvalue weighted by Crippen LogP contribution is 2.07. The van der Waals surface area contributed by atoms with Gasteiger partial charge in [-0.3, -0.25) is 4.79 Å². The van der Waals surface area contributed by atoms with Crippen LogP contribution in [0.1, 0.15) is 30.1 Å². The summed E-state index contributed by atoms with van der Waals surface area (Å²) in [4.78, 5) is 11.8. The molecule has 0 saturated carbocycles. The van der Waals surface area contributed by atoms with E-state index in [1.54, 1.807) is 0 Å². The van der Waals surface area contributed by atoms with Crippen molar-refractivity contribution < 1.29 is 4.79 Å². The molecular formula is C12H15ClINO. The van der Waals surface area contributed by atoms with Crippen molar-refractivity contribution in [3.63, 3.8) is 0 Å². The van der Waals surface area contributed by atoms with Gasteiger partial charge in [-0.1, -0.05) is 0 Å². The van der Waals surface area contributed by atoms with Crippen LogP contribution in [0.4, 0.5) is 0 Å². The van der Waals surface area contributed by atoms with E-state index in [1.807, 2.05) is 31.2 Å². The Morgan fingerprint density at radius 1 is 1.44 bits per heavy atom. The van der Waals surface area contributed by atoms with Crippen LogP contribution >= 0.6 is 34.2 Å². The van der Waals surface area contributed by atoms with Gasteiger partial charge in [0.15, 0.2) is 0 Å². The summed E-state index contributed by atoms with van der Waals surface area (Å²) in [6.45, 7) is 2.00. The number of benzene rings is 1. The lowest BCUT2D eigenvalue weighted by atomic mass is 10.1. The van der Waals surface area contributed by atoms with Crippen molar-refractivity contribution in [1.29, 1.82) is 0 Å². The van der Waals surface area contributed by atoms with Gasteiger partial charge in [-0.05, 0) is 66.6 Å². The van der Waals surface area contributed by atoms with Gasteiger partial charge >= 0.3 is 0 Å². The van der Waals surface area contributed by atoms with Gasteiger partial charge in [0.2, 0.25) is 0 Å². The van der Waals surface area contributed by atoms with Gasteiger partial charge in [-0.25, -0.2) is 0 Å². The van der Waals surface area contributed by atoms with Crippen LogP contribution in [0, 0.1) is 3.57 Å². The van der Waals surface area contributed by atoms with E-state index < -0.39 is 0 Å². The summed E-state index contributed by atoms with van der Waals surface area (Å²) in [5.74, 6) is 0.627. The third kappa shape index (κ3) is 4.70. The lowest BCUT2D eigenvalue weighted by Crippen LogP contribution is -2.32. The first-order valence-electron chi connectivity index (χ1n) is 5.26. The normalized spacial score (nSPS) is 12.2. The molecule has 1 N–H and O–H groups in total. The number of halogens is 2. The van der Waals surface area contributed by atoms with E-state index in [4.69, 9.17) is 11.6 Å². The Bertz CT molecular complexity index is 339. The van der Waals surface area contributed by atoms with E-state index in [2.05, 4.69) is 27.9 Å². The van der Waals surface area contributed by atoms with Crippen molar-refractivity contribution in [2.24, 2.45) is 0 Å². The van der Waals surface area contributed by atoms with Crippen molar-refractivity contribution in [2.75, 3.05) is 5.88 Å². The van der Waals surface area contributed by atoms with Crippen LogP contribution in [0.15, 0.2) is 24.3 Å². The molecule has 1 rings (SSSR count). The highest BCUT2D eigenvalue weighted by atomic mass is 127. The van der Waals surface area contributed by atoms with Crippen LogP contribution in [0.5, 0.6) is 0 Å². The molecule has 1 unspecified atom stereocenters. The number of carbonyl (C=O) groups is 1. The Morgan fingerprint density at radius 2 is 2.06 bits per heavy atom. The van der Waals surface area contributed by atoms with E-state index in [0.717, 1.165) is 16.4 Å². The molecule has 0 aliphatic rings. The molecule has 1 aromatic carbocycles. The minimum absolute atomic E-state index is 0.0153. The SMILES string of the molecule is CC(CCCCl)NC(=O)c1ccc(I)cc1. The molecular weight excluding hydrogens is 336 g/mol. The maximum Gasteiger partial charge on any atom is 0.251 e. The van der Waals surface area contributed by atoms with Crippen LogP contribution in [0.2, 0.25) is 0 Å². The molecule has 1 amide bonds. The molecule has 88 valence electrons. The van der Waals surface area contributed by atoms with Crippen molar-refractivity contribution in [3.8, 4) is 0 Å². The molecule has 4 heteroatoms. The number of nitrogens with one attached hydrogen (secondary N) is 1. The zero-order valence-corrected chi connectivity index (χ0v) is 12.1. The first-order valence-corrected chi connectivity index (χ1v) is 6.87. The van der Waals surface area contributed by atoms with Crippen molar-refractivity contribution in [3.05, 3.63) is 33.4 Å². The molecule has 0 heterocycles. The quantitative estimate of drug-likeness (QED) is 0.639. The second kappa shape index (κ2) is 7.12. The Labute approximate surface area is 115 Å². The summed E-state index contributed by atoms with van der Waals surface area (Å²) in [6.07, 6.45) is 1.84. The van der Waals surface area contributed by atoms with Gasteiger partial charge in [0.05, 0.1) is 0 Å².